The highest BCUT2D eigenvalue weighted by atomic mass is 35.5. The molecular formula is C8H7ClFNS. The molecule has 0 saturated carbocycles. The molecule has 1 nitrogen and oxygen atoms in total. The largest absolute Gasteiger partial charge is 0.224 e. The predicted molar refractivity (Wildman–Crippen MR) is 52.6 cm³/mol. The van der Waals surface area contributed by atoms with Crippen LogP contribution in [0.5, 0.6) is 0 Å². The van der Waals surface area contributed by atoms with Crippen molar-refractivity contribution in [3.05, 3.63) is 34.6 Å². The molecule has 0 fully saturated rings. The van der Waals surface area contributed by atoms with Crippen LogP contribution in [-0.2, 0) is 0 Å². The Balaban J connectivity index is 3.26. The van der Waals surface area contributed by atoms with Gasteiger partial charge in [-0.15, -0.1) is 0 Å². The van der Waals surface area contributed by atoms with E-state index in [0.717, 1.165) is 0 Å². The van der Waals surface area contributed by atoms with E-state index in [2.05, 4.69) is 17.2 Å². The van der Waals surface area contributed by atoms with Crippen LogP contribution in [-0.4, -0.2) is 5.71 Å². The summed E-state index contributed by atoms with van der Waals surface area (Å²) in [5.74, 6) is -0.450. The molecule has 0 atom stereocenters. The number of thiol groups is 1. The second-order valence-electron chi connectivity index (χ2n) is 2.29. The van der Waals surface area contributed by atoms with Gasteiger partial charge in [-0.3, -0.25) is 0 Å². The van der Waals surface area contributed by atoms with Crippen LogP contribution in [0.1, 0.15) is 12.5 Å². The molecule has 1 rings (SSSR count). The zero-order valence-corrected chi connectivity index (χ0v) is 8.03. The van der Waals surface area contributed by atoms with E-state index >= 15 is 0 Å². The minimum absolute atomic E-state index is 0.101. The third kappa shape index (κ3) is 1.79. The molecule has 0 N–H and O–H groups in total. The third-order valence-corrected chi connectivity index (χ3v) is 2.08. The van der Waals surface area contributed by atoms with Gasteiger partial charge in [-0.2, -0.15) is 0 Å². The van der Waals surface area contributed by atoms with Crippen LogP contribution in [0.2, 0.25) is 5.02 Å². The van der Waals surface area contributed by atoms with Crippen molar-refractivity contribution < 1.29 is 4.39 Å². The molecule has 0 radical (unpaired) electrons. The van der Waals surface area contributed by atoms with Crippen LogP contribution < -0.4 is 0 Å². The van der Waals surface area contributed by atoms with Crippen LogP contribution in [0.15, 0.2) is 22.6 Å². The molecule has 0 aliphatic heterocycles. The SMILES string of the molecule is C/C(=N\S)c1cccc(Cl)c1F. The summed E-state index contributed by atoms with van der Waals surface area (Å²) in [6.45, 7) is 1.67. The smallest absolute Gasteiger partial charge is 0.150 e. The van der Waals surface area contributed by atoms with E-state index in [1.54, 1.807) is 19.1 Å². The standard InChI is InChI=1S/C8H7ClFNS/c1-5(11-12)6-3-2-4-7(9)8(6)10/h2-4,12H,1H3/b11-5+. The fraction of sp³-hybridized carbons (Fsp3) is 0.125. The first-order chi connectivity index (χ1) is 5.66. The van der Waals surface area contributed by atoms with Gasteiger partial charge in [0.1, 0.15) is 0 Å². The topological polar surface area (TPSA) is 12.4 Å². The minimum Gasteiger partial charge on any atom is -0.224 e. The van der Waals surface area contributed by atoms with E-state index < -0.39 is 5.82 Å². The summed E-state index contributed by atoms with van der Waals surface area (Å²) in [5.41, 5.74) is 0.899. The fourth-order valence-corrected chi connectivity index (χ4v) is 1.12. The molecule has 12 heavy (non-hydrogen) atoms. The summed E-state index contributed by atoms with van der Waals surface area (Å²) in [4.78, 5) is 0. The Morgan fingerprint density at radius 2 is 2.25 bits per heavy atom. The van der Waals surface area contributed by atoms with E-state index in [1.165, 1.54) is 6.07 Å². The molecule has 0 aromatic heterocycles. The van der Waals surface area contributed by atoms with Gasteiger partial charge in [-0.1, -0.05) is 23.7 Å². The molecule has 0 aliphatic carbocycles. The van der Waals surface area contributed by atoms with Crippen molar-refractivity contribution in [1.29, 1.82) is 0 Å². The predicted octanol–water partition coefficient (Wildman–Crippen LogP) is 3.13. The van der Waals surface area contributed by atoms with Gasteiger partial charge in [-0.25, -0.2) is 8.79 Å². The van der Waals surface area contributed by atoms with E-state index in [4.69, 9.17) is 11.6 Å². The highest BCUT2D eigenvalue weighted by molar-refractivity contribution is 7.79. The van der Waals surface area contributed by atoms with Gasteiger partial charge in [0.2, 0.25) is 0 Å². The van der Waals surface area contributed by atoms with E-state index in [9.17, 15) is 4.39 Å². The Kier molecular flexibility index (Phi) is 3.12. The fourth-order valence-electron chi connectivity index (χ4n) is 0.837. The monoisotopic (exact) mass is 203 g/mol. The van der Waals surface area contributed by atoms with Crippen LogP contribution in [0.25, 0.3) is 0 Å². The van der Waals surface area contributed by atoms with Crippen molar-refractivity contribution in [2.45, 2.75) is 6.92 Å². The van der Waals surface area contributed by atoms with Gasteiger partial charge in [0.05, 0.1) is 10.7 Å². The summed E-state index contributed by atoms with van der Waals surface area (Å²) >= 11 is 9.25. The second-order valence-corrected chi connectivity index (χ2v) is 2.89. The first-order valence-corrected chi connectivity index (χ1v) is 4.07. The molecule has 1 aromatic rings. The van der Waals surface area contributed by atoms with Crippen molar-refractivity contribution in [2.24, 2.45) is 4.40 Å². The van der Waals surface area contributed by atoms with Crippen LogP contribution in [0.3, 0.4) is 0 Å². The molecule has 1 aromatic carbocycles. The molecular weight excluding hydrogens is 197 g/mol. The van der Waals surface area contributed by atoms with Crippen molar-refractivity contribution in [3.8, 4) is 0 Å². The van der Waals surface area contributed by atoms with Gasteiger partial charge in [0.15, 0.2) is 5.82 Å². The average molecular weight is 204 g/mol. The average Bonchev–Trinajstić information content (AvgIpc) is 2.08. The molecule has 0 heterocycles. The Morgan fingerprint density at radius 1 is 1.58 bits per heavy atom. The quantitative estimate of drug-likeness (QED) is 0.532. The zero-order chi connectivity index (χ0) is 9.14. The maximum Gasteiger partial charge on any atom is 0.150 e. The zero-order valence-electron chi connectivity index (χ0n) is 6.38. The molecule has 0 aliphatic rings. The first-order valence-electron chi connectivity index (χ1n) is 3.30. The number of hydrogen-bond acceptors (Lipinski definition) is 2. The Labute approximate surface area is 80.8 Å². The van der Waals surface area contributed by atoms with Gasteiger partial charge in [0, 0.05) is 5.56 Å². The van der Waals surface area contributed by atoms with Crippen molar-refractivity contribution in [2.75, 3.05) is 0 Å². The lowest BCUT2D eigenvalue weighted by Crippen LogP contribution is -1.97. The molecule has 0 unspecified atom stereocenters. The van der Waals surface area contributed by atoms with Gasteiger partial charge in [-0.05, 0) is 25.8 Å². The number of rotatable bonds is 1. The highest BCUT2D eigenvalue weighted by Crippen LogP contribution is 2.18. The third-order valence-electron chi connectivity index (χ3n) is 1.49. The molecule has 0 saturated heterocycles. The van der Waals surface area contributed by atoms with E-state index in [0.29, 0.717) is 11.3 Å². The summed E-state index contributed by atoms with van der Waals surface area (Å²) < 4.78 is 16.8. The Hall–Kier alpha value is -0.540. The maximum atomic E-state index is 13.2. The number of nitrogens with zero attached hydrogens (tertiary/aromatic N) is 1. The number of benzene rings is 1. The Morgan fingerprint density at radius 3 is 2.83 bits per heavy atom. The van der Waals surface area contributed by atoms with Gasteiger partial charge < -0.3 is 0 Å². The molecule has 4 heteroatoms. The number of halogens is 2. The Bertz CT molecular complexity index is 325. The van der Waals surface area contributed by atoms with Crippen molar-refractivity contribution >= 4 is 30.1 Å². The summed E-state index contributed by atoms with van der Waals surface area (Å²) in [7, 11) is 0. The summed E-state index contributed by atoms with van der Waals surface area (Å²) in [5, 5.41) is 0.101. The van der Waals surface area contributed by atoms with Gasteiger partial charge >= 0.3 is 0 Å². The normalized spacial score (nSPS) is 11.8. The summed E-state index contributed by atoms with van der Waals surface area (Å²) in [6.07, 6.45) is 0. The lowest BCUT2D eigenvalue weighted by molar-refractivity contribution is 0.625. The highest BCUT2D eigenvalue weighted by Gasteiger charge is 2.07. The maximum absolute atomic E-state index is 13.2. The summed E-state index contributed by atoms with van der Waals surface area (Å²) in [6, 6.07) is 4.77. The molecule has 0 spiro atoms. The van der Waals surface area contributed by atoms with Crippen LogP contribution in [0, 0.1) is 5.82 Å². The van der Waals surface area contributed by atoms with Crippen LogP contribution in [0.4, 0.5) is 4.39 Å². The first kappa shape index (κ1) is 9.55. The minimum atomic E-state index is -0.450. The van der Waals surface area contributed by atoms with E-state index in [1.807, 2.05) is 0 Å². The van der Waals surface area contributed by atoms with Gasteiger partial charge in [0.25, 0.3) is 0 Å². The van der Waals surface area contributed by atoms with E-state index in [-0.39, 0.29) is 5.02 Å². The second kappa shape index (κ2) is 3.92. The molecule has 64 valence electrons. The lowest BCUT2D eigenvalue weighted by atomic mass is 10.1. The molecule has 0 bridgehead atoms. The molecule has 0 amide bonds. The van der Waals surface area contributed by atoms with Crippen molar-refractivity contribution in [3.63, 3.8) is 0 Å². The lowest BCUT2D eigenvalue weighted by Gasteiger charge is -2.01. The van der Waals surface area contributed by atoms with Crippen molar-refractivity contribution in [1.82, 2.24) is 0 Å². The van der Waals surface area contributed by atoms with Crippen LogP contribution >= 0.6 is 24.4 Å². The number of hydrogen-bond donors (Lipinski definition) is 1.